The van der Waals surface area contributed by atoms with Crippen molar-refractivity contribution in [3.8, 4) is 28.7 Å². The third-order valence-electron chi connectivity index (χ3n) is 8.80. The minimum atomic E-state index is -3.24. The van der Waals surface area contributed by atoms with Crippen LogP contribution in [0.25, 0.3) is 11.1 Å². The van der Waals surface area contributed by atoms with Gasteiger partial charge in [-0.3, -0.25) is 4.79 Å². The predicted octanol–water partition coefficient (Wildman–Crippen LogP) is 5.51. The molecule has 0 bridgehead atoms. The smallest absolute Gasteiger partial charge is 0.307 e. The molecule has 2 aliphatic carbocycles. The van der Waals surface area contributed by atoms with Crippen LogP contribution in [0.4, 0.5) is 0 Å². The molecule has 1 N–H and O–H groups in total. The summed E-state index contributed by atoms with van der Waals surface area (Å²) in [5.74, 6) is 0.500. The van der Waals surface area contributed by atoms with Crippen LogP contribution >= 0.6 is 0 Å². The summed E-state index contributed by atoms with van der Waals surface area (Å²) < 4.78 is 37.9. The van der Waals surface area contributed by atoms with Crippen LogP contribution in [0.1, 0.15) is 64.7 Å². The number of hydrogen-bond donors (Lipinski definition) is 1. The quantitative estimate of drug-likeness (QED) is 0.370. The summed E-state index contributed by atoms with van der Waals surface area (Å²) in [6.07, 6.45) is 3.78. The number of carboxylic acids is 1. The molecule has 42 heavy (non-hydrogen) atoms. The van der Waals surface area contributed by atoms with Crippen LogP contribution in [0.5, 0.6) is 11.5 Å². The van der Waals surface area contributed by atoms with E-state index in [1.54, 1.807) is 0 Å². The van der Waals surface area contributed by atoms with Gasteiger partial charge in [0.1, 0.15) is 23.7 Å². The van der Waals surface area contributed by atoms with Gasteiger partial charge in [-0.25, -0.2) is 8.42 Å². The number of carbonyl (C=O) groups is 1. The number of fused-ring (bicyclic) bond motifs is 1. The van der Waals surface area contributed by atoms with Gasteiger partial charge in [0.25, 0.3) is 0 Å². The zero-order chi connectivity index (χ0) is 29.8. The molecule has 0 spiro atoms. The minimum Gasteiger partial charge on any atom is -0.489 e. The number of sulfonamides is 1. The SMILES string of the molecule is Cc1cc(O[C@@H]2CCN(S(C)(=O)=O)C2)cc(C)c1-c1c(C#N)ccc2c1CC[C@H]2Oc1ccc([C@H]2C[C@@H]2C(=O)O)cc1. The van der Waals surface area contributed by atoms with E-state index < -0.39 is 16.0 Å². The van der Waals surface area contributed by atoms with Gasteiger partial charge in [0.05, 0.1) is 30.4 Å². The monoisotopic (exact) mass is 586 g/mol. The van der Waals surface area contributed by atoms with Gasteiger partial charge in [0, 0.05) is 12.1 Å². The fourth-order valence-electron chi connectivity index (χ4n) is 6.63. The molecule has 3 aromatic carbocycles. The zero-order valence-electron chi connectivity index (χ0n) is 24.0. The summed E-state index contributed by atoms with van der Waals surface area (Å²) in [6.45, 7) is 4.84. The van der Waals surface area contributed by atoms with Crippen LogP contribution < -0.4 is 9.47 Å². The third-order valence-corrected chi connectivity index (χ3v) is 10.1. The number of aliphatic carboxylic acids is 1. The number of nitrogens with zero attached hydrogens (tertiary/aromatic N) is 2. The Kier molecular flexibility index (Phi) is 7.24. The van der Waals surface area contributed by atoms with E-state index in [4.69, 9.17) is 9.47 Å². The van der Waals surface area contributed by atoms with E-state index in [-0.39, 0.29) is 24.0 Å². The second kappa shape index (κ2) is 10.8. The lowest BCUT2D eigenvalue weighted by Crippen LogP contribution is -2.29. The number of nitriles is 1. The molecule has 2 fully saturated rings. The molecule has 8 nitrogen and oxygen atoms in total. The van der Waals surface area contributed by atoms with Crippen molar-refractivity contribution in [3.63, 3.8) is 0 Å². The summed E-state index contributed by atoms with van der Waals surface area (Å²) in [6, 6.07) is 18.0. The van der Waals surface area contributed by atoms with Crippen LogP contribution in [0.3, 0.4) is 0 Å². The molecule has 4 atom stereocenters. The Morgan fingerprint density at radius 1 is 1.00 bits per heavy atom. The summed E-state index contributed by atoms with van der Waals surface area (Å²) in [4.78, 5) is 11.2. The standard InChI is InChI=1S/C33H34N2O6S/c1-19-14-25(40-24-12-13-35(18-24)42(3,38)39)15-20(2)31(19)32-22(17-34)6-9-26-27(32)10-11-30(26)41-23-7-4-21(5-8-23)28-16-29(28)33(36)37/h4-9,14-15,24,28-30H,10-13,16,18H2,1-3H3,(H,36,37)/t24-,28-,29+,30-/m1/s1. The number of rotatable bonds is 8. The Balaban J connectivity index is 1.24. The van der Waals surface area contributed by atoms with Crippen molar-refractivity contribution < 1.29 is 27.8 Å². The fourth-order valence-corrected chi connectivity index (χ4v) is 7.51. The maximum absolute atomic E-state index is 11.9. The van der Waals surface area contributed by atoms with Gasteiger partial charge in [-0.15, -0.1) is 0 Å². The van der Waals surface area contributed by atoms with E-state index in [9.17, 15) is 23.6 Å². The highest BCUT2D eigenvalue weighted by Crippen LogP contribution is 2.48. The van der Waals surface area contributed by atoms with E-state index >= 15 is 0 Å². The van der Waals surface area contributed by atoms with Crippen molar-refractivity contribution >= 4 is 16.0 Å². The Labute approximate surface area is 246 Å². The van der Waals surface area contributed by atoms with Crippen molar-refractivity contribution in [2.75, 3.05) is 19.3 Å². The molecule has 0 aromatic heterocycles. The van der Waals surface area contributed by atoms with Crippen LogP contribution in [0, 0.1) is 31.1 Å². The Morgan fingerprint density at radius 3 is 2.31 bits per heavy atom. The molecule has 9 heteroatoms. The number of carboxylic acid groups (broad SMARTS) is 1. The van der Waals surface area contributed by atoms with Crippen molar-refractivity contribution in [2.24, 2.45) is 5.92 Å². The topological polar surface area (TPSA) is 117 Å². The molecule has 0 amide bonds. The van der Waals surface area contributed by atoms with Crippen molar-refractivity contribution in [3.05, 3.63) is 81.9 Å². The van der Waals surface area contributed by atoms with Crippen molar-refractivity contribution in [1.82, 2.24) is 4.31 Å². The van der Waals surface area contributed by atoms with Crippen LogP contribution in [-0.4, -0.2) is 49.2 Å². The van der Waals surface area contributed by atoms with Crippen molar-refractivity contribution in [2.45, 2.75) is 57.7 Å². The van der Waals surface area contributed by atoms with E-state index in [2.05, 4.69) is 6.07 Å². The van der Waals surface area contributed by atoms with E-state index in [0.717, 1.165) is 57.5 Å². The average Bonchev–Trinajstić information content (AvgIpc) is 3.43. The first-order valence-electron chi connectivity index (χ1n) is 14.3. The lowest BCUT2D eigenvalue weighted by atomic mass is 9.87. The summed E-state index contributed by atoms with van der Waals surface area (Å²) in [5, 5.41) is 19.3. The van der Waals surface area contributed by atoms with Crippen LogP contribution in [-0.2, 0) is 21.2 Å². The Hall–Kier alpha value is -3.87. The number of hydrogen-bond acceptors (Lipinski definition) is 6. The Bertz CT molecular complexity index is 1690. The first kappa shape index (κ1) is 28.3. The molecule has 0 unspecified atom stereocenters. The molecular weight excluding hydrogens is 552 g/mol. The second-order valence-corrected chi connectivity index (χ2v) is 13.7. The molecule has 3 aromatic rings. The maximum Gasteiger partial charge on any atom is 0.307 e. The molecule has 1 saturated heterocycles. The van der Waals surface area contributed by atoms with Gasteiger partial charge in [-0.05, 0) is 109 Å². The maximum atomic E-state index is 11.9. The molecule has 218 valence electrons. The summed E-state index contributed by atoms with van der Waals surface area (Å²) in [7, 11) is -3.24. The van der Waals surface area contributed by atoms with Gasteiger partial charge in [-0.2, -0.15) is 9.57 Å². The summed E-state index contributed by atoms with van der Waals surface area (Å²) >= 11 is 0. The van der Waals surface area contributed by atoms with Gasteiger partial charge in [-0.1, -0.05) is 18.2 Å². The molecular formula is C33H34N2O6S. The van der Waals surface area contributed by atoms with Crippen molar-refractivity contribution in [1.29, 1.82) is 5.26 Å². The molecule has 1 aliphatic heterocycles. The largest absolute Gasteiger partial charge is 0.489 e. The normalized spacial score (nSPS) is 23.3. The average molecular weight is 587 g/mol. The molecule has 0 radical (unpaired) electrons. The minimum absolute atomic E-state index is 0.0827. The number of benzene rings is 3. The second-order valence-electron chi connectivity index (χ2n) is 11.8. The fraction of sp³-hybridized carbons (Fsp3) is 0.394. The van der Waals surface area contributed by atoms with E-state index in [1.165, 1.54) is 10.6 Å². The van der Waals surface area contributed by atoms with Crippen LogP contribution in [0.15, 0.2) is 48.5 Å². The lowest BCUT2D eigenvalue weighted by molar-refractivity contribution is -0.138. The lowest BCUT2D eigenvalue weighted by Gasteiger charge is -2.20. The van der Waals surface area contributed by atoms with Crippen LogP contribution in [0.2, 0.25) is 0 Å². The third kappa shape index (κ3) is 5.37. The molecule has 1 heterocycles. The molecule has 6 rings (SSSR count). The van der Waals surface area contributed by atoms with E-state index in [0.29, 0.717) is 37.2 Å². The van der Waals surface area contributed by atoms with Gasteiger partial charge < -0.3 is 14.6 Å². The first-order valence-corrected chi connectivity index (χ1v) is 16.2. The number of aryl methyl sites for hydroxylation is 2. The first-order chi connectivity index (χ1) is 20.0. The highest BCUT2D eigenvalue weighted by molar-refractivity contribution is 7.88. The van der Waals surface area contributed by atoms with Gasteiger partial charge in [0.15, 0.2) is 0 Å². The highest BCUT2D eigenvalue weighted by atomic mass is 32.2. The zero-order valence-corrected chi connectivity index (χ0v) is 24.8. The Morgan fingerprint density at radius 2 is 1.71 bits per heavy atom. The van der Waals surface area contributed by atoms with Gasteiger partial charge in [0.2, 0.25) is 10.0 Å². The number of ether oxygens (including phenoxy) is 2. The predicted molar refractivity (Wildman–Crippen MR) is 158 cm³/mol. The summed E-state index contributed by atoms with van der Waals surface area (Å²) in [5.41, 5.74) is 7.79. The molecule has 1 saturated carbocycles. The van der Waals surface area contributed by atoms with E-state index in [1.807, 2.05) is 62.4 Å². The highest BCUT2D eigenvalue weighted by Gasteiger charge is 2.44. The molecule has 3 aliphatic rings. The van der Waals surface area contributed by atoms with Gasteiger partial charge >= 0.3 is 5.97 Å².